The maximum atomic E-state index is 12.7. The van der Waals surface area contributed by atoms with Crippen molar-refractivity contribution in [3.8, 4) is 0 Å². The van der Waals surface area contributed by atoms with Crippen LogP contribution in [0.1, 0.15) is 34.8 Å². The van der Waals surface area contributed by atoms with E-state index in [4.69, 9.17) is 4.74 Å². The van der Waals surface area contributed by atoms with E-state index in [1.807, 2.05) is 13.0 Å². The van der Waals surface area contributed by atoms with Gasteiger partial charge in [-0.2, -0.15) is 0 Å². The van der Waals surface area contributed by atoms with Gasteiger partial charge in [-0.3, -0.25) is 9.59 Å². The first-order valence-electron chi connectivity index (χ1n) is 9.08. The van der Waals surface area contributed by atoms with Crippen LogP contribution in [0.15, 0.2) is 36.8 Å². The van der Waals surface area contributed by atoms with Gasteiger partial charge in [0.2, 0.25) is 5.91 Å². The smallest absolute Gasteiger partial charge is 0.257 e. The number of fused-ring (bicyclic) bond motifs is 1. The van der Waals surface area contributed by atoms with E-state index in [0.717, 1.165) is 24.1 Å². The third-order valence-corrected chi connectivity index (χ3v) is 4.66. The van der Waals surface area contributed by atoms with Crippen molar-refractivity contribution in [2.75, 3.05) is 24.4 Å². The fraction of sp³-hybridized carbons (Fsp3) is 0.300. The molecule has 28 heavy (non-hydrogen) atoms. The fourth-order valence-corrected chi connectivity index (χ4v) is 3.02. The highest BCUT2D eigenvalue weighted by molar-refractivity contribution is 6.06. The molecule has 2 amide bonds. The molecule has 0 atom stereocenters. The average molecular weight is 379 g/mol. The number of carbonyl (C=O) groups excluding carboxylic acids is 2. The number of ether oxygens (including phenoxy) is 1. The minimum absolute atomic E-state index is 0.0330. The highest BCUT2D eigenvalue weighted by Gasteiger charge is 2.25. The van der Waals surface area contributed by atoms with Crippen LogP contribution in [0.4, 0.5) is 11.4 Å². The largest absolute Gasteiger partial charge is 0.375 e. The normalized spacial score (nSPS) is 13.5. The summed E-state index contributed by atoms with van der Waals surface area (Å²) >= 11 is 0. The number of nitrogens with zero attached hydrogens (tertiary/aromatic N) is 3. The van der Waals surface area contributed by atoms with E-state index in [-0.39, 0.29) is 18.4 Å². The molecule has 0 spiro atoms. The van der Waals surface area contributed by atoms with Crippen LogP contribution in [-0.2, 0) is 9.53 Å². The second-order valence-electron chi connectivity index (χ2n) is 6.91. The number of pyridine rings is 1. The van der Waals surface area contributed by atoms with Crippen LogP contribution in [0.5, 0.6) is 0 Å². The number of benzene rings is 1. The molecule has 8 heteroatoms. The van der Waals surface area contributed by atoms with Crippen molar-refractivity contribution >= 4 is 34.4 Å². The molecule has 144 valence electrons. The quantitative estimate of drug-likeness (QED) is 0.686. The fourth-order valence-electron chi connectivity index (χ4n) is 3.02. The monoisotopic (exact) mass is 379 g/mol. The average Bonchev–Trinajstić information content (AvgIpc) is 3.43. The molecule has 1 saturated carbocycles. The molecule has 0 bridgehead atoms. The number of hydrogen-bond donors (Lipinski definition) is 2. The summed E-state index contributed by atoms with van der Waals surface area (Å²) in [7, 11) is 1.46. The van der Waals surface area contributed by atoms with E-state index in [1.54, 1.807) is 30.7 Å². The van der Waals surface area contributed by atoms with Crippen molar-refractivity contribution < 1.29 is 14.3 Å². The summed E-state index contributed by atoms with van der Waals surface area (Å²) in [6, 6.07) is 7.55. The zero-order chi connectivity index (χ0) is 19.7. The number of aryl methyl sites for hydroxylation is 1. The predicted octanol–water partition coefficient (Wildman–Crippen LogP) is 2.91. The molecule has 0 radical (unpaired) electrons. The van der Waals surface area contributed by atoms with Crippen molar-refractivity contribution in [1.82, 2.24) is 14.5 Å². The maximum Gasteiger partial charge on any atom is 0.257 e. The Morgan fingerprint density at radius 2 is 2.04 bits per heavy atom. The van der Waals surface area contributed by atoms with Crippen LogP contribution in [0.25, 0.3) is 11.2 Å². The van der Waals surface area contributed by atoms with Gasteiger partial charge < -0.3 is 19.9 Å². The molecule has 1 aliphatic rings. The number of rotatable bonds is 6. The number of anilines is 2. The summed E-state index contributed by atoms with van der Waals surface area (Å²) < 4.78 is 6.87. The number of nitrogens with one attached hydrogen (secondary N) is 2. The minimum atomic E-state index is -0.279. The molecular formula is C20H21N5O3. The lowest BCUT2D eigenvalue weighted by Crippen LogP contribution is -2.18. The molecule has 1 fully saturated rings. The molecule has 2 N–H and O–H groups in total. The lowest BCUT2D eigenvalue weighted by Gasteiger charge is -2.11. The van der Waals surface area contributed by atoms with E-state index in [9.17, 15) is 9.59 Å². The van der Waals surface area contributed by atoms with Crippen LogP contribution in [0, 0.1) is 6.92 Å². The Kier molecular flexibility index (Phi) is 4.79. The van der Waals surface area contributed by atoms with E-state index in [1.165, 1.54) is 7.11 Å². The van der Waals surface area contributed by atoms with Gasteiger partial charge in [-0.15, -0.1) is 0 Å². The van der Waals surface area contributed by atoms with Crippen molar-refractivity contribution in [2.45, 2.75) is 25.8 Å². The first-order valence-corrected chi connectivity index (χ1v) is 9.08. The molecule has 1 aliphatic carbocycles. The zero-order valence-corrected chi connectivity index (χ0v) is 15.7. The number of aromatic nitrogens is 3. The van der Waals surface area contributed by atoms with Crippen molar-refractivity contribution in [2.24, 2.45) is 0 Å². The van der Waals surface area contributed by atoms with Gasteiger partial charge in [0.05, 0.1) is 11.9 Å². The Morgan fingerprint density at radius 3 is 2.79 bits per heavy atom. The molecule has 3 aromatic rings. The highest BCUT2D eigenvalue weighted by atomic mass is 16.5. The molecule has 8 nitrogen and oxygen atoms in total. The third-order valence-electron chi connectivity index (χ3n) is 4.66. The van der Waals surface area contributed by atoms with Crippen LogP contribution in [0.3, 0.4) is 0 Å². The van der Waals surface area contributed by atoms with Gasteiger partial charge in [-0.1, -0.05) is 6.07 Å². The van der Waals surface area contributed by atoms with Crippen molar-refractivity contribution in [1.29, 1.82) is 0 Å². The molecule has 1 aromatic carbocycles. The minimum Gasteiger partial charge on any atom is -0.375 e. The van der Waals surface area contributed by atoms with Crippen molar-refractivity contribution in [3.05, 3.63) is 47.9 Å². The Hall–Kier alpha value is -3.26. The second kappa shape index (κ2) is 7.40. The van der Waals surface area contributed by atoms with Crippen LogP contribution >= 0.6 is 0 Å². The Bertz CT molecular complexity index is 1060. The van der Waals surface area contributed by atoms with Gasteiger partial charge >= 0.3 is 0 Å². The summed E-state index contributed by atoms with van der Waals surface area (Å²) in [6.45, 7) is 1.85. The molecule has 2 aromatic heterocycles. The zero-order valence-electron chi connectivity index (χ0n) is 15.7. The highest BCUT2D eigenvalue weighted by Crippen LogP contribution is 2.36. The SMILES string of the molecule is COCC(=O)Nc1ccc(C)c(NC(=O)c2cnc3c(c2)ncn3C2CC2)c1. The number of amides is 2. The molecular weight excluding hydrogens is 358 g/mol. The molecule has 0 unspecified atom stereocenters. The second-order valence-corrected chi connectivity index (χ2v) is 6.91. The van der Waals surface area contributed by atoms with Gasteiger partial charge in [-0.05, 0) is 43.5 Å². The molecule has 2 heterocycles. The molecule has 0 saturated heterocycles. The van der Waals surface area contributed by atoms with E-state index >= 15 is 0 Å². The van der Waals surface area contributed by atoms with E-state index in [2.05, 4.69) is 25.2 Å². The van der Waals surface area contributed by atoms with Crippen molar-refractivity contribution in [3.63, 3.8) is 0 Å². The standard InChI is InChI=1S/C20H21N5O3/c1-12-3-4-14(23-18(26)10-28-2)8-16(12)24-20(27)13-7-17-19(21-9-13)25(11-22-17)15-5-6-15/h3-4,7-9,11,15H,5-6,10H2,1-2H3,(H,23,26)(H,24,27). The van der Waals surface area contributed by atoms with E-state index < -0.39 is 0 Å². The Balaban J connectivity index is 1.52. The van der Waals surface area contributed by atoms with Crippen LogP contribution < -0.4 is 10.6 Å². The summed E-state index contributed by atoms with van der Waals surface area (Å²) in [5.41, 5.74) is 4.02. The van der Waals surface area contributed by atoms with Crippen LogP contribution in [-0.4, -0.2) is 40.1 Å². The first kappa shape index (κ1) is 18.1. The molecule has 0 aliphatic heterocycles. The lowest BCUT2D eigenvalue weighted by atomic mass is 10.1. The third kappa shape index (κ3) is 3.72. The number of imidazole rings is 1. The summed E-state index contributed by atoms with van der Waals surface area (Å²) in [6.07, 6.45) is 5.64. The lowest BCUT2D eigenvalue weighted by molar-refractivity contribution is -0.119. The topological polar surface area (TPSA) is 98.1 Å². The number of carbonyl (C=O) groups is 2. The van der Waals surface area contributed by atoms with Gasteiger partial charge in [-0.25, -0.2) is 9.97 Å². The predicted molar refractivity (Wildman–Crippen MR) is 105 cm³/mol. The number of hydrogen-bond acceptors (Lipinski definition) is 5. The summed E-state index contributed by atoms with van der Waals surface area (Å²) in [4.78, 5) is 33.2. The van der Waals surface area contributed by atoms with Crippen LogP contribution in [0.2, 0.25) is 0 Å². The van der Waals surface area contributed by atoms with Gasteiger partial charge in [0, 0.05) is 30.7 Å². The summed E-state index contributed by atoms with van der Waals surface area (Å²) in [5, 5.41) is 5.61. The Labute approximate surface area is 161 Å². The first-order chi connectivity index (χ1) is 13.5. The van der Waals surface area contributed by atoms with E-state index in [0.29, 0.717) is 28.5 Å². The number of methoxy groups -OCH3 is 1. The molecule has 4 rings (SSSR count). The Morgan fingerprint density at radius 1 is 1.21 bits per heavy atom. The van der Waals surface area contributed by atoms with Gasteiger partial charge in [0.25, 0.3) is 5.91 Å². The summed E-state index contributed by atoms with van der Waals surface area (Å²) in [5.74, 6) is -0.539. The maximum absolute atomic E-state index is 12.7. The van der Waals surface area contributed by atoms with Gasteiger partial charge in [0.1, 0.15) is 12.1 Å². The van der Waals surface area contributed by atoms with Gasteiger partial charge in [0.15, 0.2) is 5.65 Å².